The third-order valence-corrected chi connectivity index (χ3v) is 5.39. The first-order chi connectivity index (χ1) is 13.0. The fourth-order valence-corrected chi connectivity index (χ4v) is 3.70. The molecule has 0 spiro atoms. The maximum atomic E-state index is 12.9. The van der Waals surface area contributed by atoms with Crippen molar-refractivity contribution < 1.29 is 8.42 Å². The summed E-state index contributed by atoms with van der Waals surface area (Å²) < 4.78 is 31.4. The van der Waals surface area contributed by atoms with E-state index in [2.05, 4.69) is 14.7 Å². The van der Waals surface area contributed by atoms with E-state index < -0.39 is 10.0 Å². The highest BCUT2D eigenvalue weighted by atomic mass is 32.2. The summed E-state index contributed by atoms with van der Waals surface area (Å²) in [4.78, 5) is 0.131. The molecule has 4 aromatic rings. The summed E-state index contributed by atoms with van der Waals surface area (Å²) in [6.45, 7) is 1.90. The number of rotatable bonds is 3. The van der Waals surface area contributed by atoms with Crippen molar-refractivity contribution in [2.24, 2.45) is 4.40 Å². The molecule has 1 heterocycles. The van der Waals surface area contributed by atoms with Crippen LogP contribution in [0.15, 0.2) is 88.2 Å². The van der Waals surface area contributed by atoms with Gasteiger partial charge in [-0.3, -0.25) is 0 Å². The predicted molar refractivity (Wildman–Crippen MR) is 104 cm³/mol. The molecule has 0 atom stereocenters. The lowest BCUT2D eigenvalue weighted by Gasteiger charge is -2.08. The molecular weight excluding hydrogens is 360 g/mol. The van der Waals surface area contributed by atoms with Crippen LogP contribution in [0, 0.1) is 6.92 Å². The highest BCUT2D eigenvalue weighted by molar-refractivity contribution is 7.90. The van der Waals surface area contributed by atoms with Gasteiger partial charge in [0.2, 0.25) is 0 Å². The molecule has 0 unspecified atom stereocenters. The van der Waals surface area contributed by atoms with Crippen molar-refractivity contribution in [1.29, 1.82) is 0 Å². The van der Waals surface area contributed by atoms with Crippen molar-refractivity contribution in [3.8, 4) is 0 Å². The SMILES string of the molecule is Cc1ccc(S(=O)(=O)N=C(c2ccccc2)n2nnc3ccccc32)cc1. The first-order valence-corrected chi connectivity index (χ1v) is 9.76. The largest absolute Gasteiger partial charge is 0.284 e. The Bertz CT molecular complexity index is 1230. The minimum atomic E-state index is -3.92. The van der Waals surface area contributed by atoms with Gasteiger partial charge in [0, 0.05) is 5.56 Å². The molecular formula is C20H16N4O2S. The molecule has 0 bridgehead atoms. The van der Waals surface area contributed by atoms with E-state index in [1.165, 1.54) is 4.68 Å². The van der Waals surface area contributed by atoms with E-state index >= 15 is 0 Å². The van der Waals surface area contributed by atoms with Crippen molar-refractivity contribution in [3.05, 3.63) is 90.0 Å². The first-order valence-electron chi connectivity index (χ1n) is 8.32. The molecule has 1 aromatic heterocycles. The lowest BCUT2D eigenvalue weighted by molar-refractivity contribution is 0.597. The Labute approximate surface area is 156 Å². The maximum Gasteiger partial charge on any atom is 0.284 e. The van der Waals surface area contributed by atoms with E-state index in [9.17, 15) is 8.42 Å². The summed E-state index contributed by atoms with van der Waals surface area (Å²) in [5.74, 6) is 0.199. The third-order valence-electron chi connectivity index (χ3n) is 4.11. The number of benzene rings is 3. The molecule has 4 rings (SSSR count). The molecule has 27 heavy (non-hydrogen) atoms. The zero-order chi connectivity index (χ0) is 18.9. The van der Waals surface area contributed by atoms with E-state index in [-0.39, 0.29) is 10.7 Å². The van der Waals surface area contributed by atoms with Gasteiger partial charge in [0.15, 0.2) is 5.84 Å². The van der Waals surface area contributed by atoms with Crippen molar-refractivity contribution in [1.82, 2.24) is 15.0 Å². The van der Waals surface area contributed by atoms with Gasteiger partial charge in [0.05, 0.1) is 10.4 Å². The molecule has 0 saturated heterocycles. The van der Waals surface area contributed by atoms with E-state index in [0.29, 0.717) is 16.6 Å². The van der Waals surface area contributed by atoms with Crippen molar-refractivity contribution in [3.63, 3.8) is 0 Å². The van der Waals surface area contributed by atoms with Crippen molar-refractivity contribution in [2.75, 3.05) is 0 Å². The molecule has 0 aliphatic heterocycles. The zero-order valence-corrected chi connectivity index (χ0v) is 15.3. The summed E-state index contributed by atoms with van der Waals surface area (Å²) in [6.07, 6.45) is 0. The van der Waals surface area contributed by atoms with Crippen LogP contribution in [0.4, 0.5) is 0 Å². The minimum Gasteiger partial charge on any atom is -0.199 e. The molecule has 0 aliphatic carbocycles. The molecule has 0 amide bonds. The normalized spacial score (nSPS) is 12.4. The lowest BCUT2D eigenvalue weighted by Crippen LogP contribution is -2.17. The molecule has 0 radical (unpaired) electrons. The number of hydrogen-bond acceptors (Lipinski definition) is 4. The maximum absolute atomic E-state index is 12.9. The smallest absolute Gasteiger partial charge is 0.199 e. The Hall–Kier alpha value is -3.32. The summed E-state index contributed by atoms with van der Waals surface area (Å²) in [5.41, 5.74) is 2.94. The molecule has 3 aromatic carbocycles. The van der Waals surface area contributed by atoms with Crippen LogP contribution in [0.25, 0.3) is 11.0 Å². The number of fused-ring (bicyclic) bond motifs is 1. The summed E-state index contributed by atoms with van der Waals surface area (Å²) in [6, 6.07) is 23.0. The summed E-state index contributed by atoms with van der Waals surface area (Å²) in [5, 5.41) is 8.25. The molecule has 0 fully saturated rings. The minimum absolute atomic E-state index is 0.131. The van der Waals surface area contributed by atoms with Crippen molar-refractivity contribution in [2.45, 2.75) is 11.8 Å². The number of nitrogens with zero attached hydrogens (tertiary/aromatic N) is 4. The van der Waals surface area contributed by atoms with Gasteiger partial charge < -0.3 is 0 Å². The van der Waals surface area contributed by atoms with Crippen LogP contribution in [-0.4, -0.2) is 29.2 Å². The molecule has 6 nitrogen and oxygen atoms in total. The standard InChI is InChI=1S/C20H16N4O2S/c1-15-11-13-17(14-12-15)27(25,26)22-20(16-7-3-2-4-8-16)24-19-10-6-5-9-18(19)21-23-24/h2-14H,1H3. The lowest BCUT2D eigenvalue weighted by atomic mass is 10.2. The summed E-state index contributed by atoms with van der Waals surface area (Å²) >= 11 is 0. The van der Waals surface area contributed by atoms with Crippen LogP contribution >= 0.6 is 0 Å². The quantitative estimate of drug-likeness (QED) is 0.405. The molecule has 0 saturated carbocycles. The van der Waals surface area contributed by atoms with Gasteiger partial charge in [-0.1, -0.05) is 65.4 Å². The first kappa shape index (κ1) is 17.1. The van der Waals surface area contributed by atoms with Gasteiger partial charge >= 0.3 is 0 Å². The fourth-order valence-electron chi connectivity index (χ4n) is 2.70. The Morgan fingerprint density at radius 3 is 2.30 bits per heavy atom. The van der Waals surface area contributed by atoms with Crippen LogP contribution in [0.5, 0.6) is 0 Å². The molecule has 0 N–H and O–H groups in total. The second-order valence-corrected chi connectivity index (χ2v) is 7.66. The topological polar surface area (TPSA) is 77.2 Å². The number of sulfonamides is 1. The van der Waals surface area contributed by atoms with Crippen LogP contribution in [-0.2, 0) is 10.0 Å². The Balaban J connectivity index is 1.94. The third kappa shape index (κ3) is 3.37. The van der Waals surface area contributed by atoms with Gasteiger partial charge in [0.25, 0.3) is 10.0 Å². The van der Waals surface area contributed by atoms with Gasteiger partial charge in [-0.05, 0) is 31.2 Å². The van der Waals surface area contributed by atoms with Gasteiger partial charge in [-0.25, -0.2) is 0 Å². The number of para-hydroxylation sites is 1. The number of hydrogen-bond donors (Lipinski definition) is 0. The average molecular weight is 376 g/mol. The van der Waals surface area contributed by atoms with Crippen LogP contribution < -0.4 is 0 Å². The van der Waals surface area contributed by atoms with Crippen LogP contribution in [0.1, 0.15) is 11.1 Å². The average Bonchev–Trinajstić information content (AvgIpc) is 3.11. The fraction of sp³-hybridized carbons (Fsp3) is 0.0500. The van der Waals surface area contributed by atoms with Gasteiger partial charge in [0.1, 0.15) is 5.52 Å². The van der Waals surface area contributed by atoms with Crippen molar-refractivity contribution >= 4 is 26.9 Å². The second-order valence-electron chi connectivity index (χ2n) is 6.06. The Morgan fingerprint density at radius 1 is 0.889 bits per heavy atom. The predicted octanol–water partition coefficient (Wildman–Crippen LogP) is 3.42. The monoisotopic (exact) mass is 376 g/mol. The number of aromatic nitrogens is 3. The van der Waals surface area contributed by atoms with E-state index in [1.54, 1.807) is 36.4 Å². The zero-order valence-electron chi connectivity index (χ0n) is 14.5. The van der Waals surface area contributed by atoms with E-state index in [0.717, 1.165) is 5.56 Å². The number of aryl methyl sites for hydroxylation is 1. The van der Waals surface area contributed by atoms with Crippen LogP contribution in [0.2, 0.25) is 0 Å². The van der Waals surface area contributed by atoms with Gasteiger partial charge in [-0.15, -0.1) is 9.50 Å². The van der Waals surface area contributed by atoms with Crippen LogP contribution in [0.3, 0.4) is 0 Å². The van der Waals surface area contributed by atoms with E-state index in [1.807, 2.05) is 49.4 Å². The molecule has 134 valence electrons. The molecule has 7 heteroatoms. The summed E-state index contributed by atoms with van der Waals surface area (Å²) in [7, 11) is -3.92. The Kier molecular flexibility index (Phi) is 4.29. The Morgan fingerprint density at radius 2 is 1.56 bits per heavy atom. The second kappa shape index (κ2) is 6.77. The highest BCUT2D eigenvalue weighted by Crippen LogP contribution is 2.18. The van der Waals surface area contributed by atoms with E-state index in [4.69, 9.17) is 0 Å². The highest BCUT2D eigenvalue weighted by Gasteiger charge is 2.19. The van der Waals surface area contributed by atoms with Gasteiger partial charge in [-0.2, -0.15) is 13.1 Å². The molecule has 0 aliphatic rings.